The molecule has 0 bridgehead atoms. The van der Waals surface area contributed by atoms with Crippen molar-refractivity contribution in [3.05, 3.63) is 96.1 Å². The van der Waals surface area contributed by atoms with E-state index in [-0.39, 0.29) is 29.7 Å². The van der Waals surface area contributed by atoms with E-state index in [0.29, 0.717) is 19.6 Å². The van der Waals surface area contributed by atoms with E-state index in [1.54, 1.807) is 5.01 Å². The maximum atomic E-state index is 13.5. The van der Waals surface area contributed by atoms with Gasteiger partial charge in [-0.1, -0.05) is 66.7 Å². The third kappa shape index (κ3) is 4.40. The van der Waals surface area contributed by atoms with Gasteiger partial charge in [-0.3, -0.25) is 14.5 Å². The molecule has 6 heteroatoms. The van der Waals surface area contributed by atoms with Gasteiger partial charge >= 0.3 is 0 Å². The number of carbonyl (C=O) groups is 2. The van der Waals surface area contributed by atoms with Gasteiger partial charge in [0.25, 0.3) is 0 Å². The highest BCUT2D eigenvalue weighted by molar-refractivity contribution is 6.00. The zero-order valence-corrected chi connectivity index (χ0v) is 18.6. The van der Waals surface area contributed by atoms with E-state index in [9.17, 15) is 9.59 Å². The van der Waals surface area contributed by atoms with Crippen molar-refractivity contribution >= 4 is 23.2 Å². The van der Waals surface area contributed by atoms with Gasteiger partial charge in [0.05, 0.1) is 23.6 Å². The van der Waals surface area contributed by atoms with Gasteiger partial charge in [-0.2, -0.15) is 0 Å². The third-order valence-corrected chi connectivity index (χ3v) is 6.60. The molecule has 3 aromatic rings. The van der Waals surface area contributed by atoms with Gasteiger partial charge in [-0.15, -0.1) is 0 Å². The Morgan fingerprint density at radius 2 is 1.61 bits per heavy atom. The van der Waals surface area contributed by atoms with Gasteiger partial charge in [-0.05, 0) is 36.2 Å². The molecule has 0 aliphatic carbocycles. The van der Waals surface area contributed by atoms with Crippen molar-refractivity contribution in [2.75, 3.05) is 23.4 Å². The number of rotatable bonds is 5. The van der Waals surface area contributed by atoms with Crippen LogP contribution in [0, 0.1) is 18.8 Å². The van der Waals surface area contributed by atoms with Crippen LogP contribution in [0.3, 0.4) is 0 Å². The number of benzene rings is 3. The predicted octanol–water partition coefficient (Wildman–Crippen LogP) is 3.60. The summed E-state index contributed by atoms with van der Waals surface area (Å²) in [4.78, 5) is 29.2. The lowest BCUT2D eigenvalue weighted by molar-refractivity contribution is -0.126. The van der Waals surface area contributed by atoms with E-state index < -0.39 is 0 Å². The summed E-state index contributed by atoms with van der Waals surface area (Å²) in [6.45, 7) is 3.88. The molecule has 168 valence electrons. The van der Waals surface area contributed by atoms with Crippen molar-refractivity contribution in [2.45, 2.75) is 19.5 Å². The predicted molar refractivity (Wildman–Crippen MR) is 129 cm³/mol. The summed E-state index contributed by atoms with van der Waals surface area (Å²) >= 11 is 0. The minimum absolute atomic E-state index is 0.0117. The number of aryl methyl sites for hydroxylation is 1. The van der Waals surface area contributed by atoms with Crippen molar-refractivity contribution in [1.29, 1.82) is 0 Å². The number of hydrogen-bond acceptors (Lipinski definition) is 4. The summed E-state index contributed by atoms with van der Waals surface area (Å²) < 4.78 is 0. The van der Waals surface area contributed by atoms with Crippen molar-refractivity contribution in [3.63, 3.8) is 0 Å². The maximum Gasteiger partial charge on any atom is 0.247 e. The monoisotopic (exact) mass is 440 g/mol. The molecular weight excluding hydrogens is 412 g/mol. The minimum Gasteiger partial charge on any atom is -0.326 e. The zero-order valence-electron chi connectivity index (χ0n) is 18.6. The average molecular weight is 441 g/mol. The fourth-order valence-corrected chi connectivity index (χ4v) is 4.86. The number of amides is 2. The first-order valence-electron chi connectivity index (χ1n) is 11.4. The molecule has 0 radical (unpaired) electrons. The van der Waals surface area contributed by atoms with Crippen LogP contribution in [0.2, 0.25) is 0 Å². The van der Waals surface area contributed by atoms with Crippen LogP contribution in [0.5, 0.6) is 0 Å². The number of hydrogen-bond donors (Lipinski definition) is 2. The molecule has 2 aliphatic heterocycles. The number of anilines is 2. The molecule has 2 aliphatic rings. The molecule has 0 saturated carbocycles. The summed E-state index contributed by atoms with van der Waals surface area (Å²) in [5.41, 5.74) is 7.16. The number of fused-ring (bicyclic) bond motifs is 1. The second-order valence-corrected chi connectivity index (χ2v) is 8.86. The van der Waals surface area contributed by atoms with Gasteiger partial charge in [0, 0.05) is 25.3 Å². The number of piperidine rings is 1. The molecule has 33 heavy (non-hydrogen) atoms. The molecular formula is C27H28N4O2. The Bertz CT molecular complexity index is 1140. The van der Waals surface area contributed by atoms with Crippen molar-refractivity contribution in [3.8, 4) is 0 Å². The SMILES string of the molecule is Cc1ccccc1NC(=O)C1CN(Cc2ccccc2)CC2C(=O)N(c3ccccc3)NC12. The molecule has 2 heterocycles. The number of nitrogens with zero attached hydrogens (tertiary/aromatic N) is 2. The van der Waals surface area contributed by atoms with Crippen molar-refractivity contribution in [2.24, 2.45) is 11.8 Å². The first-order valence-corrected chi connectivity index (χ1v) is 11.4. The van der Waals surface area contributed by atoms with E-state index in [2.05, 4.69) is 27.8 Å². The van der Waals surface area contributed by atoms with Crippen LogP contribution in [0.15, 0.2) is 84.9 Å². The Labute approximate surface area is 194 Å². The highest BCUT2D eigenvalue weighted by Gasteiger charge is 2.50. The van der Waals surface area contributed by atoms with Crippen LogP contribution in [0.1, 0.15) is 11.1 Å². The second-order valence-electron chi connectivity index (χ2n) is 8.86. The summed E-state index contributed by atoms with van der Waals surface area (Å²) in [7, 11) is 0. The number of carbonyl (C=O) groups excluding carboxylic acids is 2. The van der Waals surface area contributed by atoms with Crippen LogP contribution < -0.4 is 15.8 Å². The lowest BCUT2D eigenvalue weighted by Gasteiger charge is -2.38. The lowest BCUT2D eigenvalue weighted by Crippen LogP contribution is -2.55. The Morgan fingerprint density at radius 3 is 2.33 bits per heavy atom. The standard InChI is InChI=1S/C27H28N4O2/c1-19-10-8-9-15-24(19)28-26(32)22-17-30(16-20-11-4-2-5-12-20)18-23-25(22)29-31(27(23)33)21-13-6-3-7-14-21/h2-15,22-23,25,29H,16-18H2,1H3,(H,28,32). The van der Waals surface area contributed by atoms with Crippen LogP contribution >= 0.6 is 0 Å². The molecule has 3 atom stereocenters. The fourth-order valence-electron chi connectivity index (χ4n) is 4.86. The van der Waals surface area contributed by atoms with Gasteiger partial charge in [-0.25, -0.2) is 10.4 Å². The van der Waals surface area contributed by atoms with E-state index in [1.807, 2.05) is 79.7 Å². The van der Waals surface area contributed by atoms with E-state index >= 15 is 0 Å². The molecule has 2 amide bonds. The maximum absolute atomic E-state index is 13.5. The highest BCUT2D eigenvalue weighted by Crippen LogP contribution is 2.33. The number of nitrogens with one attached hydrogen (secondary N) is 2. The molecule has 2 saturated heterocycles. The normalized spacial score (nSPS) is 22.8. The summed E-state index contributed by atoms with van der Waals surface area (Å²) in [6, 6.07) is 27.3. The molecule has 3 unspecified atom stereocenters. The highest BCUT2D eigenvalue weighted by atomic mass is 16.2. The van der Waals surface area contributed by atoms with Crippen molar-refractivity contribution in [1.82, 2.24) is 10.3 Å². The summed E-state index contributed by atoms with van der Waals surface area (Å²) in [5, 5.41) is 4.73. The Balaban J connectivity index is 1.42. The van der Waals surface area contributed by atoms with Gasteiger partial charge in [0.2, 0.25) is 11.8 Å². The van der Waals surface area contributed by atoms with Crippen LogP contribution in [0.4, 0.5) is 11.4 Å². The fraction of sp³-hybridized carbons (Fsp3) is 0.259. The van der Waals surface area contributed by atoms with E-state index in [1.165, 1.54) is 5.56 Å². The molecule has 6 nitrogen and oxygen atoms in total. The van der Waals surface area contributed by atoms with Gasteiger partial charge < -0.3 is 5.32 Å². The molecule has 5 rings (SSSR count). The van der Waals surface area contributed by atoms with E-state index in [0.717, 1.165) is 16.9 Å². The van der Waals surface area contributed by atoms with Gasteiger partial charge in [0.15, 0.2) is 0 Å². The summed E-state index contributed by atoms with van der Waals surface area (Å²) in [6.07, 6.45) is 0. The summed E-state index contributed by atoms with van der Waals surface area (Å²) in [5.74, 6) is -0.718. The van der Waals surface area contributed by atoms with Crippen LogP contribution in [-0.4, -0.2) is 35.8 Å². The largest absolute Gasteiger partial charge is 0.326 e. The van der Waals surface area contributed by atoms with Crippen LogP contribution in [0.25, 0.3) is 0 Å². The second kappa shape index (κ2) is 9.17. The molecule has 0 spiro atoms. The number of hydrazine groups is 1. The number of likely N-dealkylation sites (tertiary alicyclic amines) is 1. The Hall–Kier alpha value is -3.48. The molecule has 2 fully saturated rings. The zero-order chi connectivity index (χ0) is 22.8. The van der Waals surface area contributed by atoms with Crippen molar-refractivity contribution < 1.29 is 9.59 Å². The molecule has 3 aromatic carbocycles. The minimum atomic E-state index is -0.371. The smallest absolute Gasteiger partial charge is 0.247 e. The Kier molecular flexibility index (Phi) is 5.94. The number of para-hydroxylation sites is 2. The first kappa shape index (κ1) is 21.4. The first-order chi connectivity index (χ1) is 16.1. The Morgan fingerprint density at radius 1 is 0.939 bits per heavy atom. The molecule has 2 N–H and O–H groups in total. The van der Waals surface area contributed by atoms with Gasteiger partial charge in [0.1, 0.15) is 0 Å². The molecule has 0 aromatic heterocycles. The third-order valence-electron chi connectivity index (χ3n) is 6.60. The topological polar surface area (TPSA) is 64.7 Å². The average Bonchev–Trinajstić information content (AvgIpc) is 3.17. The van der Waals surface area contributed by atoms with Crippen LogP contribution in [-0.2, 0) is 16.1 Å². The van der Waals surface area contributed by atoms with E-state index in [4.69, 9.17) is 0 Å². The quantitative estimate of drug-likeness (QED) is 0.636. The lowest BCUT2D eigenvalue weighted by atomic mass is 9.83.